The quantitative estimate of drug-likeness (QED) is 0.457. The van der Waals surface area contributed by atoms with E-state index in [2.05, 4.69) is 10.5 Å². The minimum atomic E-state index is -1.31. The van der Waals surface area contributed by atoms with Crippen LogP contribution in [0.4, 0.5) is 13.2 Å². The number of carbonyl (C=O) groups excluding carboxylic acids is 1. The van der Waals surface area contributed by atoms with Crippen LogP contribution >= 0.6 is 0 Å². The van der Waals surface area contributed by atoms with E-state index in [1.165, 1.54) is 12.1 Å². The number of benzene rings is 3. The van der Waals surface area contributed by atoms with Crippen LogP contribution in [0, 0.1) is 17.5 Å². The molecule has 0 bridgehead atoms. The predicted octanol–water partition coefficient (Wildman–Crippen LogP) is 4.93. The molecule has 0 aliphatic carbocycles. The van der Waals surface area contributed by atoms with Gasteiger partial charge in [0.15, 0.2) is 0 Å². The van der Waals surface area contributed by atoms with Gasteiger partial charge in [-0.2, -0.15) is 0 Å². The van der Waals surface area contributed by atoms with E-state index in [9.17, 15) is 18.0 Å². The Morgan fingerprint density at radius 1 is 1.03 bits per heavy atom. The fraction of sp³-hybridized carbons (Fsp3) is 0.0870. The average Bonchev–Trinajstić information content (AvgIpc) is 3.13. The smallest absolute Gasteiger partial charge is 0.289 e. The van der Waals surface area contributed by atoms with E-state index in [-0.39, 0.29) is 28.8 Å². The van der Waals surface area contributed by atoms with Gasteiger partial charge >= 0.3 is 0 Å². The third-order valence-corrected chi connectivity index (χ3v) is 5.08. The summed E-state index contributed by atoms with van der Waals surface area (Å²) in [6.45, 7) is 0.106. The molecule has 3 aromatic carbocycles. The molecule has 4 aromatic rings. The fourth-order valence-electron chi connectivity index (χ4n) is 3.71. The van der Waals surface area contributed by atoms with Crippen LogP contribution in [0.25, 0.3) is 22.2 Å². The van der Waals surface area contributed by atoms with Crippen LogP contribution in [0.5, 0.6) is 5.75 Å². The lowest BCUT2D eigenvalue weighted by molar-refractivity contribution is -0.142. The lowest BCUT2D eigenvalue weighted by atomic mass is 9.96. The third-order valence-electron chi connectivity index (χ3n) is 5.08. The van der Waals surface area contributed by atoms with Crippen LogP contribution in [-0.4, -0.2) is 10.9 Å². The van der Waals surface area contributed by atoms with Crippen molar-refractivity contribution >= 4 is 16.8 Å². The molecular weight excluding hydrogens is 409 g/mol. The summed E-state index contributed by atoms with van der Waals surface area (Å²) in [5.74, 6) is -2.76. The normalized spacial score (nSPS) is 14.6. The second-order valence-electron chi connectivity index (χ2n) is 7.10. The molecule has 31 heavy (non-hydrogen) atoms. The zero-order valence-corrected chi connectivity index (χ0v) is 15.9. The molecule has 1 aliphatic heterocycles. The van der Waals surface area contributed by atoms with Gasteiger partial charge in [-0.05, 0) is 23.8 Å². The van der Waals surface area contributed by atoms with Gasteiger partial charge in [-0.15, -0.1) is 0 Å². The summed E-state index contributed by atoms with van der Waals surface area (Å²) < 4.78 is 47.9. The number of fused-ring (bicyclic) bond motifs is 5. The Balaban J connectivity index is 1.53. The maximum Gasteiger partial charge on any atom is 0.289 e. The van der Waals surface area contributed by atoms with Crippen molar-refractivity contribution in [3.05, 3.63) is 89.2 Å². The molecule has 0 spiro atoms. The molecule has 5 nitrogen and oxygen atoms in total. The second kappa shape index (κ2) is 7.48. The summed E-state index contributed by atoms with van der Waals surface area (Å²) in [6, 6.07) is 14.8. The number of nitrogens with one attached hydrogen (secondary N) is 2. The summed E-state index contributed by atoms with van der Waals surface area (Å²) in [5, 5.41) is 0.158. The van der Waals surface area contributed by atoms with E-state index in [4.69, 9.17) is 9.57 Å². The minimum absolute atomic E-state index is 0.0233. The van der Waals surface area contributed by atoms with Gasteiger partial charge in [-0.25, -0.2) is 18.7 Å². The lowest BCUT2D eigenvalue weighted by Gasteiger charge is -2.26. The van der Waals surface area contributed by atoms with Gasteiger partial charge in [0.05, 0.1) is 17.8 Å². The van der Waals surface area contributed by atoms with E-state index < -0.39 is 29.5 Å². The molecular formula is C23H15F3N2O3. The van der Waals surface area contributed by atoms with Crippen molar-refractivity contribution in [2.24, 2.45) is 0 Å². The van der Waals surface area contributed by atoms with E-state index in [0.29, 0.717) is 11.3 Å². The van der Waals surface area contributed by atoms with Gasteiger partial charge in [0.2, 0.25) is 6.10 Å². The van der Waals surface area contributed by atoms with Gasteiger partial charge in [0, 0.05) is 28.6 Å². The SMILES string of the molecule is O=C(NOCc1ccccc1)C1Oc2cc(F)ccc2-c2[nH]c3c(F)cc(F)cc3c21. The van der Waals surface area contributed by atoms with Crippen molar-refractivity contribution in [3.8, 4) is 17.0 Å². The molecule has 156 valence electrons. The maximum absolute atomic E-state index is 14.4. The van der Waals surface area contributed by atoms with E-state index in [1.807, 2.05) is 30.3 Å². The molecule has 1 unspecified atom stereocenters. The fourth-order valence-corrected chi connectivity index (χ4v) is 3.71. The first-order valence-corrected chi connectivity index (χ1v) is 9.44. The molecule has 2 heterocycles. The maximum atomic E-state index is 14.4. The van der Waals surface area contributed by atoms with E-state index in [0.717, 1.165) is 23.8 Å². The molecule has 2 N–H and O–H groups in total. The van der Waals surface area contributed by atoms with Crippen LogP contribution in [-0.2, 0) is 16.2 Å². The molecule has 0 fully saturated rings. The van der Waals surface area contributed by atoms with Crippen LogP contribution < -0.4 is 10.2 Å². The first-order chi connectivity index (χ1) is 15.0. The highest BCUT2D eigenvalue weighted by molar-refractivity contribution is 5.99. The number of H-pyrrole nitrogens is 1. The van der Waals surface area contributed by atoms with Crippen LogP contribution in [0.1, 0.15) is 17.2 Å². The Labute approximate surface area is 174 Å². The summed E-state index contributed by atoms with van der Waals surface area (Å²) >= 11 is 0. The second-order valence-corrected chi connectivity index (χ2v) is 7.10. The molecule has 1 amide bonds. The first kappa shape index (κ1) is 19.2. The third kappa shape index (κ3) is 3.40. The minimum Gasteiger partial charge on any atom is -0.475 e. The van der Waals surface area contributed by atoms with Gasteiger partial charge in [0.25, 0.3) is 5.91 Å². The van der Waals surface area contributed by atoms with Crippen molar-refractivity contribution in [2.45, 2.75) is 12.7 Å². The predicted molar refractivity (Wildman–Crippen MR) is 106 cm³/mol. The highest BCUT2D eigenvalue weighted by atomic mass is 19.1. The van der Waals surface area contributed by atoms with Crippen LogP contribution in [0.3, 0.4) is 0 Å². The Kier molecular flexibility index (Phi) is 4.63. The number of hydrogen-bond donors (Lipinski definition) is 2. The highest BCUT2D eigenvalue weighted by Crippen LogP contribution is 2.46. The average molecular weight is 424 g/mol. The number of halogens is 3. The van der Waals surface area contributed by atoms with Crippen molar-refractivity contribution in [3.63, 3.8) is 0 Å². The lowest BCUT2D eigenvalue weighted by Crippen LogP contribution is -2.34. The van der Waals surface area contributed by atoms with Crippen LogP contribution in [0.15, 0.2) is 60.7 Å². The van der Waals surface area contributed by atoms with Crippen molar-refractivity contribution in [1.29, 1.82) is 0 Å². The first-order valence-electron chi connectivity index (χ1n) is 9.44. The zero-order valence-electron chi connectivity index (χ0n) is 15.9. The molecule has 0 saturated heterocycles. The Hall–Kier alpha value is -3.78. The molecule has 0 radical (unpaired) electrons. The number of hydroxylamine groups is 1. The Morgan fingerprint density at radius 2 is 1.84 bits per heavy atom. The van der Waals surface area contributed by atoms with E-state index in [1.54, 1.807) is 0 Å². The van der Waals surface area contributed by atoms with Crippen LogP contribution in [0.2, 0.25) is 0 Å². The van der Waals surface area contributed by atoms with Crippen molar-refractivity contribution < 1.29 is 27.5 Å². The number of aromatic amines is 1. The van der Waals surface area contributed by atoms with Gasteiger partial charge < -0.3 is 9.72 Å². The monoisotopic (exact) mass is 424 g/mol. The highest BCUT2D eigenvalue weighted by Gasteiger charge is 2.36. The van der Waals surface area contributed by atoms with Crippen molar-refractivity contribution in [2.75, 3.05) is 0 Å². The standard InChI is InChI=1S/C23H15F3N2O3/c24-13-6-7-15-18(10-13)31-22(23(29)28-30-11-12-4-2-1-3-5-12)19-16-8-14(25)9-17(26)20(16)27-21(15)19/h1-10,22,27H,11H2,(H,28,29). The molecule has 0 saturated carbocycles. The number of aromatic nitrogens is 1. The number of amides is 1. The van der Waals surface area contributed by atoms with Gasteiger partial charge in [-0.1, -0.05) is 30.3 Å². The largest absolute Gasteiger partial charge is 0.475 e. The van der Waals surface area contributed by atoms with E-state index >= 15 is 0 Å². The number of hydrogen-bond acceptors (Lipinski definition) is 3. The zero-order chi connectivity index (χ0) is 21.5. The summed E-state index contributed by atoms with van der Waals surface area (Å²) in [7, 11) is 0. The topological polar surface area (TPSA) is 63.4 Å². The Morgan fingerprint density at radius 3 is 2.65 bits per heavy atom. The number of rotatable bonds is 4. The summed E-state index contributed by atoms with van der Waals surface area (Å²) in [5.41, 5.74) is 4.19. The number of carbonyl (C=O) groups is 1. The van der Waals surface area contributed by atoms with Crippen molar-refractivity contribution in [1.82, 2.24) is 10.5 Å². The molecule has 1 aliphatic rings. The summed E-state index contributed by atoms with van der Waals surface area (Å²) in [4.78, 5) is 21.1. The van der Waals surface area contributed by atoms with Gasteiger partial charge in [0.1, 0.15) is 23.2 Å². The Bertz CT molecular complexity index is 1300. The summed E-state index contributed by atoms with van der Waals surface area (Å²) in [6.07, 6.45) is -1.31. The molecule has 1 atom stereocenters. The molecule has 1 aromatic heterocycles. The number of ether oxygens (including phenoxy) is 1. The molecule has 5 rings (SSSR count). The van der Waals surface area contributed by atoms with Gasteiger partial charge in [-0.3, -0.25) is 9.63 Å². The molecule has 8 heteroatoms.